The molecule has 18 atom stereocenters. The fourth-order valence-corrected chi connectivity index (χ4v) is 11.5. The predicted molar refractivity (Wildman–Crippen MR) is 310 cm³/mol. The highest BCUT2D eigenvalue weighted by molar-refractivity contribution is 5.76. The average molecular weight is 1170 g/mol. The van der Waals surface area contributed by atoms with Crippen molar-refractivity contribution in [3.05, 3.63) is 0 Å². The molecule has 1 amide bonds. The van der Waals surface area contributed by atoms with Crippen molar-refractivity contribution in [2.24, 2.45) is 0 Å². The monoisotopic (exact) mass is 1170 g/mol. The molecule has 19 heteroatoms. The maximum Gasteiger partial charge on any atom is 0.220 e. The lowest BCUT2D eigenvalue weighted by Gasteiger charge is -2.48. The van der Waals surface area contributed by atoms with Crippen molar-refractivity contribution < 1.29 is 89.4 Å². The fourth-order valence-electron chi connectivity index (χ4n) is 11.5. The van der Waals surface area contributed by atoms with Gasteiger partial charge in [-0.05, 0) is 19.8 Å². The highest BCUT2D eigenvalue weighted by Crippen LogP contribution is 2.33. The number of carbonyl (C=O) groups is 1. The SMILES string of the molecule is CCCCCCCCCCCCCCCCCCCCCCCCCC(=O)N[C@@H](CO[C@H]1O[C@H](CO)[C@@H](O[C@@H]2O[C@H](CO)[C@H](O)[C@H](O[C@H]3O[C@H](C)[C@H](O)[C@H](O)[C@H]3O)[C@H]2O)[C@H](O)[C@H]1O)[C@H](O)[C@H](O)CCCCCCCCCCCCCC. The van der Waals surface area contributed by atoms with E-state index in [1.54, 1.807) is 0 Å². The van der Waals surface area contributed by atoms with Crippen molar-refractivity contribution >= 4 is 5.91 Å². The van der Waals surface area contributed by atoms with Gasteiger partial charge in [0.15, 0.2) is 18.9 Å². The third-order valence-electron chi connectivity index (χ3n) is 17.0. The smallest absolute Gasteiger partial charge is 0.220 e. The lowest BCUT2D eigenvalue weighted by atomic mass is 9.96. The summed E-state index contributed by atoms with van der Waals surface area (Å²) in [6.45, 7) is 3.81. The Morgan fingerprint density at radius 3 is 1.26 bits per heavy atom. The first-order valence-corrected chi connectivity index (χ1v) is 32.7. The van der Waals surface area contributed by atoms with Crippen LogP contribution in [-0.4, -0.2) is 192 Å². The molecule has 12 N–H and O–H groups in total. The molecule has 0 spiro atoms. The zero-order chi connectivity index (χ0) is 59.2. The third-order valence-corrected chi connectivity index (χ3v) is 17.0. The van der Waals surface area contributed by atoms with E-state index in [0.717, 1.165) is 38.5 Å². The van der Waals surface area contributed by atoms with Crippen molar-refractivity contribution in [2.75, 3.05) is 19.8 Å². The Hall–Kier alpha value is -1.21. The molecule has 3 fully saturated rings. The highest BCUT2D eigenvalue weighted by Gasteiger charge is 2.53. The fraction of sp³-hybridized carbons (Fsp3) is 0.984. The summed E-state index contributed by atoms with van der Waals surface area (Å²) in [5.74, 6) is -0.344. The van der Waals surface area contributed by atoms with E-state index < -0.39 is 130 Å². The van der Waals surface area contributed by atoms with E-state index in [1.807, 2.05) is 0 Å². The first-order chi connectivity index (χ1) is 39.2. The molecular weight excluding hydrogens is 1050 g/mol. The second-order valence-electron chi connectivity index (χ2n) is 24.1. The van der Waals surface area contributed by atoms with Crippen LogP contribution in [0.2, 0.25) is 0 Å². The quantitative estimate of drug-likeness (QED) is 0.0269. The van der Waals surface area contributed by atoms with Gasteiger partial charge in [0, 0.05) is 6.42 Å². The van der Waals surface area contributed by atoms with E-state index in [4.69, 9.17) is 28.4 Å². The Kier molecular flexibility index (Phi) is 41.2. The molecular formula is C62H119NO18. The molecule has 480 valence electrons. The van der Waals surface area contributed by atoms with Crippen LogP contribution in [0.25, 0.3) is 0 Å². The standard InChI is InChI=1S/C62H119NO18/c1-4-6-8-10-12-14-16-18-19-20-21-22-23-24-25-26-27-28-30-32-34-36-38-40-49(67)63-45(51(69)46(66)39-37-35-33-31-29-17-15-13-11-9-7-5-2)43-76-60-56(74)54(72)58(48(42-65)79-60)80-62-57(75)59(52(70)47(41-64)78-62)81-61-55(73)53(71)50(68)44(3)77-61/h44-48,50-62,64-66,68-75H,4-43H2,1-3H3,(H,63,67)/t44-,45+,46-,47-,48-,50+,51+,52+,53+,54-,55-,56-,57-,58-,59+,60+,61-,62+/m1/s1. The largest absolute Gasteiger partial charge is 0.394 e. The maximum atomic E-state index is 13.4. The van der Waals surface area contributed by atoms with Gasteiger partial charge >= 0.3 is 0 Å². The number of nitrogens with one attached hydrogen (secondary N) is 1. The minimum absolute atomic E-state index is 0.192. The molecule has 3 aliphatic rings. The van der Waals surface area contributed by atoms with Crippen LogP contribution in [0.5, 0.6) is 0 Å². The number of hydrogen-bond donors (Lipinski definition) is 12. The van der Waals surface area contributed by atoms with Gasteiger partial charge in [0.25, 0.3) is 0 Å². The second-order valence-corrected chi connectivity index (χ2v) is 24.1. The van der Waals surface area contributed by atoms with E-state index in [9.17, 15) is 61.0 Å². The van der Waals surface area contributed by atoms with E-state index in [-0.39, 0.29) is 18.7 Å². The summed E-state index contributed by atoms with van der Waals surface area (Å²) in [7, 11) is 0. The molecule has 0 aromatic rings. The van der Waals surface area contributed by atoms with Gasteiger partial charge in [0.2, 0.25) is 5.91 Å². The summed E-state index contributed by atoms with van der Waals surface area (Å²) in [5.41, 5.74) is 0. The van der Waals surface area contributed by atoms with Crippen LogP contribution in [-0.2, 0) is 33.2 Å². The van der Waals surface area contributed by atoms with E-state index in [1.165, 1.54) is 180 Å². The number of unbranched alkanes of at least 4 members (excludes halogenated alkanes) is 33. The summed E-state index contributed by atoms with van der Waals surface area (Å²) < 4.78 is 34.4. The molecule has 0 aromatic carbocycles. The highest BCUT2D eigenvalue weighted by atomic mass is 16.8. The van der Waals surface area contributed by atoms with Crippen molar-refractivity contribution in [1.29, 1.82) is 0 Å². The first kappa shape index (κ1) is 74.0. The Balaban J connectivity index is 1.46. The lowest BCUT2D eigenvalue weighted by Crippen LogP contribution is -2.66. The minimum atomic E-state index is -1.92. The summed E-state index contributed by atoms with van der Waals surface area (Å²) >= 11 is 0. The number of aliphatic hydroxyl groups excluding tert-OH is 11. The van der Waals surface area contributed by atoms with Gasteiger partial charge in [-0.3, -0.25) is 4.79 Å². The number of ether oxygens (including phenoxy) is 6. The molecule has 0 bridgehead atoms. The number of aliphatic hydroxyl groups is 11. The molecule has 3 rings (SSSR count). The molecule has 0 radical (unpaired) electrons. The van der Waals surface area contributed by atoms with Gasteiger partial charge in [-0.25, -0.2) is 0 Å². The predicted octanol–water partition coefficient (Wildman–Crippen LogP) is 7.16. The molecule has 3 aliphatic heterocycles. The molecule has 0 aliphatic carbocycles. The van der Waals surface area contributed by atoms with Crippen molar-refractivity contribution in [2.45, 2.75) is 369 Å². The number of rotatable bonds is 49. The van der Waals surface area contributed by atoms with Crippen LogP contribution in [0.15, 0.2) is 0 Å². The van der Waals surface area contributed by atoms with Crippen LogP contribution in [0, 0.1) is 0 Å². The zero-order valence-corrected chi connectivity index (χ0v) is 50.5. The lowest BCUT2D eigenvalue weighted by molar-refractivity contribution is -0.379. The molecule has 0 aromatic heterocycles. The molecule has 3 saturated heterocycles. The van der Waals surface area contributed by atoms with E-state index >= 15 is 0 Å². The summed E-state index contributed by atoms with van der Waals surface area (Å²) in [5, 5.41) is 122. The van der Waals surface area contributed by atoms with Crippen molar-refractivity contribution in [3.63, 3.8) is 0 Å². The molecule has 3 heterocycles. The van der Waals surface area contributed by atoms with Gasteiger partial charge in [-0.1, -0.05) is 232 Å². The third kappa shape index (κ3) is 28.9. The number of amides is 1. The van der Waals surface area contributed by atoms with Gasteiger partial charge < -0.3 is 89.9 Å². The van der Waals surface area contributed by atoms with Crippen LogP contribution < -0.4 is 5.32 Å². The summed E-state index contributed by atoms with van der Waals surface area (Å²) in [6.07, 6.45) is 15.9. The molecule has 19 nitrogen and oxygen atoms in total. The van der Waals surface area contributed by atoms with E-state index in [0.29, 0.717) is 12.8 Å². The topological polar surface area (TPSA) is 307 Å². The molecule has 0 unspecified atom stereocenters. The normalized spacial score (nSPS) is 30.1. The van der Waals surface area contributed by atoms with Crippen LogP contribution >= 0.6 is 0 Å². The minimum Gasteiger partial charge on any atom is -0.394 e. The molecule has 81 heavy (non-hydrogen) atoms. The first-order valence-electron chi connectivity index (χ1n) is 32.7. The van der Waals surface area contributed by atoms with Crippen molar-refractivity contribution in [1.82, 2.24) is 5.32 Å². The Morgan fingerprint density at radius 1 is 0.432 bits per heavy atom. The summed E-state index contributed by atoms with van der Waals surface area (Å²) in [6, 6.07) is -1.15. The second kappa shape index (κ2) is 45.1. The maximum absolute atomic E-state index is 13.4. The van der Waals surface area contributed by atoms with Gasteiger partial charge in [-0.15, -0.1) is 0 Å². The van der Waals surface area contributed by atoms with Gasteiger partial charge in [-0.2, -0.15) is 0 Å². The zero-order valence-electron chi connectivity index (χ0n) is 50.5. The Morgan fingerprint density at radius 2 is 0.815 bits per heavy atom. The van der Waals surface area contributed by atoms with Gasteiger partial charge in [0.1, 0.15) is 73.2 Å². The van der Waals surface area contributed by atoms with Crippen molar-refractivity contribution in [3.8, 4) is 0 Å². The number of carbonyl (C=O) groups excluding carboxylic acids is 1. The Bertz CT molecular complexity index is 1510. The molecule has 0 saturated carbocycles. The number of hydrogen-bond acceptors (Lipinski definition) is 18. The summed E-state index contributed by atoms with van der Waals surface area (Å²) in [4.78, 5) is 13.4. The average Bonchev–Trinajstić information content (AvgIpc) is 3.49. The van der Waals surface area contributed by atoms with E-state index in [2.05, 4.69) is 19.2 Å². The van der Waals surface area contributed by atoms with Gasteiger partial charge in [0.05, 0.1) is 38.1 Å². The van der Waals surface area contributed by atoms with Crippen LogP contribution in [0.1, 0.15) is 258 Å². The Labute approximate surface area is 487 Å². The van der Waals surface area contributed by atoms with Crippen LogP contribution in [0.4, 0.5) is 0 Å². The van der Waals surface area contributed by atoms with Crippen LogP contribution in [0.3, 0.4) is 0 Å².